The van der Waals surface area contributed by atoms with E-state index in [1.165, 1.54) is 6.92 Å². The Labute approximate surface area is 119 Å². The summed E-state index contributed by atoms with van der Waals surface area (Å²) in [6.07, 6.45) is 2.03. The summed E-state index contributed by atoms with van der Waals surface area (Å²) in [6.45, 7) is 7.13. The van der Waals surface area contributed by atoms with Crippen LogP contribution in [0.2, 0.25) is 0 Å². The van der Waals surface area contributed by atoms with Gasteiger partial charge in [-0.15, -0.1) is 0 Å². The van der Waals surface area contributed by atoms with E-state index in [2.05, 4.69) is 16.4 Å². The Bertz CT molecular complexity index is 552. The Morgan fingerprint density at radius 2 is 2.05 bits per heavy atom. The largest absolute Gasteiger partial charge is 0.354 e. The van der Waals surface area contributed by atoms with Crippen LogP contribution in [-0.2, 0) is 6.42 Å². The van der Waals surface area contributed by atoms with E-state index in [0.29, 0.717) is 29.8 Å². The van der Waals surface area contributed by atoms with Crippen LogP contribution in [0.4, 0.5) is 0 Å². The van der Waals surface area contributed by atoms with Crippen LogP contribution < -0.4 is 5.32 Å². The number of H-pyrrole nitrogens is 1. The number of nitrogens with one attached hydrogen (secondary N) is 2. The van der Waals surface area contributed by atoms with Crippen molar-refractivity contribution >= 4 is 11.7 Å². The van der Waals surface area contributed by atoms with Crippen LogP contribution in [-0.4, -0.2) is 22.7 Å². The van der Waals surface area contributed by atoms with Gasteiger partial charge in [-0.25, -0.2) is 0 Å². The molecule has 1 amide bonds. The summed E-state index contributed by atoms with van der Waals surface area (Å²) in [5.74, 6) is -0.377. The van der Waals surface area contributed by atoms with E-state index in [0.717, 1.165) is 12.0 Å². The molecule has 108 valence electrons. The third-order valence-electron chi connectivity index (χ3n) is 3.26. The summed E-state index contributed by atoms with van der Waals surface area (Å²) in [7, 11) is 0. The van der Waals surface area contributed by atoms with E-state index in [4.69, 9.17) is 5.26 Å². The molecule has 0 spiro atoms. The Balaban J connectivity index is 3.08. The van der Waals surface area contributed by atoms with Gasteiger partial charge in [-0.2, -0.15) is 5.26 Å². The Morgan fingerprint density at radius 1 is 1.40 bits per heavy atom. The number of amides is 1. The maximum Gasteiger partial charge on any atom is 0.269 e. The molecule has 0 bridgehead atoms. The number of ketones is 1. The van der Waals surface area contributed by atoms with Crippen molar-refractivity contribution in [1.82, 2.24) is 10.3 Å². The van der Waals surface area contributed by atoms with Crippen molar-refractivity contribution in [3.05, 3.63) is 22.5 Å². The number of Topliss-reactive ketones (excluding diaryl/α,β-unsaturated/α-hetero) is 1. The van der Waals surface area contributed by atoms with Crippen LogP contribution in [0.1, 0.15) is 65.7 Å². The third-order valence-corrected chi connectivity index (χ3v) is 3.26. The molecule has 0 unspecified atom stereocenters. The molecular formula is C15H21N3O2. The van der Waals surface area contributed by atoms with Gasteiger partial charge in [-0.3, -0.25) is 9.59 Å². The molecule has 2 N–H and O–H groups in total. The first-order valence-electron chi connectivity index (χ1n) is 6.89. The lowest BCUT2D eigenvalue weighted by molar-refractivity contribution is 0.0938. The van der Waals surface area contributed by atoms with Gasteiger partial charge in [-0.05, 0) is 32.3 Å². The lowest BCUT2D eigenvalue weighted by Gasteiger charge is -2.10. The molecule has 0 saturated heterocycles. The number of nitriles is 1. The van der Waals surface area contributed by atoms with Gasteiger partial charge in [0.25, 0.3) is 5.91 Å². The monoisotopic (exact) mass is 275 g/mol. The maximum absolute atomic E-state index is 12.3. The molecule has 1 rings (SSSR count). The summed E-state index contributed by atoms with van der Waals surface area (Å²) in [4.78, 5) is 26.9. The third kappa shape index (κ3) is 3.27. The molecule has 0 aromatic carbocycles. The average molecular weight is 275 g/mol. The number of rotatable bonds is 6. The summed E-state index contributed by atoms with van der Waals surface area (Å²) in [5, 5.41) is 11.7. The van der Waals surface area contributed by atoms with Crippen LogP contribution in [0, 0.1) is 18.3 Å². The fraction of sp³-hybridized carbons (Fsp3) is 0.533. The second-order valence-electron chi connectivity index (χ2n) is 4.83. The Kier molecular flexibility index (Phi) is 5.51. The highest BCUT2D eigenvalue weighted by atomic mass is 16.2. The molecule has 0 aliphatic rings. The minimum atomic E-state index is -0.499. The standard InChI is InChI=1S/C15H21N3O2/c1-5-7-11(8-16)18-15(20)14-12(6-2)13(10(4)19)9(3)17-14/h11,17H,5-7H2,1-4H3,(H,18,20)/t11-/m0/s1. The molecule has 20 heavy (non-hydrogen) atoms. The van der Waals surface area contributed by atoms with E-state index in [1.54, 1.807) is 6.92 Å². The molecule has 5 nitrogen and oxygen atoms in total. The van der Waals surface area contributed by atoms with Crippen molar-refractivity contribution in [1.29, 1.82) is 5.26 Å². The van der Waals surface area contributed by atoms with Gasteiger partial charge in [0.1, 0.15) is 11.7 Å². The highest BCUT2D eigenvalue weighted by Gasteiger charge is 2.22. The SMILES string of the molecule is CCC[C@@H](C#N)NC(=O)c1[nH]c(C)c(C(C)=O)c1CC. The van der Waals surface area contributed by atoms with Crippen molar-refractivity contribution < 1.29 is 9.59 Å². The zero-order valence-corrected chi connectivity index (χ0v) is 12.5. The van der Waals surface area contributed by atoms with Crippen molar-refractivity contribution in [2.45, 2.75) is 53.0 Å². The number of hydrogen-bond donors (Lipinski definition) is 2. The zero-order chi connectivity index (χ0) is 15.3. The first-order chi connectivity index (χ1) is 9.46. The molecule has 0 fully saturated rings. The van der Waals surface area contributed by atoms with Crippen LogP contribution >= 0.6 is 0 Å². The average Bonchev–Trinajstić information content (AvgIpc) is 2.74. The van der Waals surface area contributed by atoms with Crippen LogP contribution in [0.5, 0.6) is 0 Å². The van der Waals surface area contributed by atoms with E-state index >= 15 is 0 Å². The molecule has 1 heterocycles. The maximum atomic E-state index is 12.3. The molecular weight excluding hydrogens is 254 g/mol. The van der Waals surface area contributed by atoms with Crippen molar-refractivity contribution in [3.63, 3.8) is 0 Å². The van der Waals surface area contributed by atoms with Crippen LogP contribution in [0.15, 0.2) is 0 Å². The Hall–Kier alpha value is -2.09. The first-order valence-corrected chi connectivity index (χ1v) is 6.89. The molecule has 0 radical (unpaired) electrons. The second-order valence-corrected chi connectivity index (χ2v) is 4.83. The molecule has 5 heteroatoms. The van der Waals surface area contributed by atoms with Gasteiger partial charge >= 0.3 is 0 Å². The van der Waals surface area contributed by atoms with Gasteiger partial charge in [0.2, 0.25) is 0 Å². The quantitative estimate of drug-likeness (QED) is 0.782. The Morgan fingerprint density at radius 3 is 2.50 bits per heavy atom. The number of aromatic nitrogens is 1. The zero-order valence-electron chi connectivity index (χ0n) is 12.5. The van der Waals surface area contributed by atoms with Gasteiger partial charge in [0.15, 0.2) is 5.78 Å². The smallest absolute Gasteiger partial charge is 0.269 e. The predicted molar refractivity (Wildman–Crippen MR) is 76.7 cm³/mol. The molecule has 0 saturated carbocycles. The molecule has 1 atom stereocenters. The molecule has 0 aliphatic carbocycles. The lowest BCUT2D eigenvalue weighted by Crippen LogP contribution is -2.34. The minimum Gasteiger partial charge on any atom is -0.354 e. The van der Waals surface area contributed by atoms with Crippen molar-refractivity contribution in [2.75, 3.05) is 0 Å². The highest BCUT2D eigenvalue weighted by molar-refractivity contribution is 6.02. The van der Waals surface area contributed by atoms with Gasteiger partial charge in [0.05, 0.1) is 6.07 Å². The van der Waals surface area contributed by atoms with Crippen molar-refractivity contribution in [2.24, 2.45) is 0 Å². The fourth-order valence-electron chi connectivity index (χ4n) is 2.39. The number of nitrogens with zero attached hydrogens (tertiary/aromatic N) is 1. The molecule has 1 aromatic heterocycles. The first kappa shape index (κ1) is 16.0. The fourth-order valence-corrected chi connectivity index (χ4v) is 2.39. The van der Waals surface area contributed by atoms with E-state index in [9.17, 15) is 9.59 Å². The summed E-state index contributed by atoms with van der Waals surface area (Å²) >= 11 is 0. The lowest BCUT2D eigenvalue weighted by atomic mass is 10.0. The number of aryl methyl sites for hydroxylation is 1. The van der Waals surface area contributed by atoms with E-state index < -0.39 is 6.04 Å². The summed E-state index contributed by atoms with van der Waals surface area (Å²) < 4.78 is 0. The van der Waals surface area contributed by atoms with Crippen LogP contribution in [0.3, 0.4) is 0 Å². The van der Waals surface area contributed by atoms with Crippen molar-refractivity contribution in [3.8, 4) is 6.07 Å². The number of aromatic amines is 1. The van der Waals surface area contributed by atoms with Gasteiger partial charge < -0.3 is 10.3 Å². The normalized spacial score (nSPS) is 11.8. The number of carbonyl (C=O) groups is 2. The molecule has 1 aromatic rings. The summed E-state index contributed by atoms with van der Waals surface area (Å²) in [5.41, 5.74) is 2.40. The number of carbonyl (C=O) groups excluding carboxylic acids is 2. The van der Waals surface area contributed by atoms with Gasteiger partial charge in [0, 0.05) is 11.3 Å². The van der Waals surface area contributed by atoms with E-state index in [-0.39, 0.29) is 11.7 Å². The van der Waals surface area contributed by atoms with E-state index in [1.807, 2.05) is 13.8 Å². The second kappa shape index (κ2) is 6.90. The van der Waals surface area contributed by atoms with Gasteiger partial charge in [-0.1, -0.05) is 20.3 Å². The molecule has 0 aliphatic heterocycles. The minimum absolute atomic E-state index is 0.0555. The highest BCUT2D eigenvalue weighted by Crippen LogP contribution is 2.20. The topological polar surface area (TPSA) is 85.8 Å². The summed E-state index contributed by atoms with van der Waals surface area (Å²) in [6, 6.07) is 1.57. The predicted octanol–water partition coefficient (Wildman–Crippen LogP) is 2.51. The van der Waals surface area contributed by atoms with Crippen LogP contribution in [0.25, 0.3) is 0 Å². The number of hydrogen-bond acceptors (Lipinski definition) is 3.